The van der Waals surface area contributed by atoms with Gasteiger partial charge in [-0.15, -0.1) is 0 Å². The van der Waals surface area contributed by atoms with Crippen molar-refractivity contribution >= 4 is 0 Å². The molecular weight excluding hydrogens is 210 g/mol. The lowest BCUT2D eigenvalue weighted by Crippen LogP contribution is -2.23. The highest BCUT2D eigenvalue weighted by Gasteiger charge is 2.00. The van der Waals surface area contributed by atoms with Crippen molar-refractivity contribution in [1.82, 2.24) is 10.2 Å². The van der Waals surface area contributed by atoms with E-state index < -0.39 is 0 Å². The lowest BCUT2D eigenvalue weighted by molar-refractivity contribution is 0.320. The number of nitriles is 1. The van der Waals surface area contributed by atoms with Crippen LogP contribution >= 0.6 is 0 Å². The van der Waals surface area contributed by atoms with E-state index in [2.05, 4.69) is 36.3 Å². The maximum Gasteiger partial charge on any atom is 0.0991 e. The van der Waals surface area contributed by atoms with Crippen LogP contribution in [0.1, 0.15) is 24.5 Å². The molecule has 0 aliphatic rings. The van der Waals surface area contributed by atoms with Crippen LogP contribution in [0.25, 0.3) is 0 Å². The molecule has 3 heteroatoms. The Labute approximate surface area is 104 Å². The number of hydrogen-bond acceptors (Lipinski definition) is 3. The Bertz CT molecular complexity index is 368. The standard InChI is InChI=1S/C14H21N3/c1-3-16-8-5-9-17(2)12-14-7-4-6-13(10-14)11-15/h4,6-7,10,16H,3,5,8-9,12H2,1-2H3. The maximum atomic E-state index is 8.82. The van der Waals surface area contributed by atoms with E-state index in [4.69, 9.17) is 5.26 Å². The topological polar surface area (TPSA) is 39.1 Å². The summed E-state index contributed by atoms with van der Waals surface area (Å²) in [7, 11) is 2.12. The summed E-state index contributed by atoms with van der Waals surface area (Å²) in [5, 5.41) is 12.1. The van der Waals surface area contributed by atoms with Crippen molar-refractivity contribution < 1.29 is 0 Å². The molecule has 0 atom stereocenters. The first-order valence-corrected chi connectivity index (χ1v) is 6.14. The van der Waals surface area contributed by atoms with Gasteiger partial charge in [0, 0.05) is 6.54 Å². The van der Waals surface area contributed by atoms with Gasteiger partial charge in [0.15, 0.2) is 0 Å². The summed E-state index contributed by atoms with van der Waals surface area (Å²) in [6.45, 7) is 6.20. The van der Waals surface area contributed by atoms with Gasteiger partial charge < -0.3 is 10.2 Å². The maximum absolute atomic E-state index is 8.82. The molecule has 92 valence electrons. The molecular formula is C14H21N3. The first-order chi connectivity index (χ1) is 8.26. The molecule has 0 aromatic heterocycles. The molecule has 0 heterocycles. The quantitative estimate of drug-likeness (QED) is 0.729. The minimum atomic E-state index is 0.739. The van der Waals surface area contributed by atoms with Crippen LogP contribution in [0.15, 0.2) is 24.3 Å². The average molecular weight is 231 g/mol. The zero-order chi connectivity index (χ0) is 12.5. The fourth-order valence-electron chi connectivity index (χ4n) is 1.78. The summed E-state index contributed by atoms with van der Waals surface area (Å²) in [5.41, 5.74) is 1.94. The predicted octanol–water partition coefficient (Wildman–Crippen LogP) is 1.99. The molecule has 0 amide bonds. The summed E-state index contributed by atoms with van der Waals surface area (Å²) < 4.78 is 0. The first kappa shape index (κ1) is 13.7. The Balaban J connectivity index is 2.34. The van der Waals surface area contributed by atoms with Gasteiger partial charge in [-0.1, -0.05) is 19.1 Å². The van der Waals surface area contributed by atoms with Crippen LogP contribution in [0.5, 0.6) is 0 Å². The van der Waals surface area contributed by atoms with Crippen LogP contribution in [-0.4, -0.2) is 31.6 Å². The van der Waals surface area contributed by atoms with E-state index in [1.54, 1.807) is 0 Å². The summed E-state index contributed by atoms with van der Waals surface area (Å²) in [4.78, 5) is 2.29. The van der Waals surface area contributed by atoms with Crippen LogP contribution in [0, 0.1) is 11.3 Å². The Morgan fingerprint density at radius 2 is 2.24 bits per heavy atom. The summed E-state index contributed by atoms with van der Waals surface area (Å²) in [5.74, 6) is 0. The second-order valence-corrected chi connectivity index (χ2v) is 4.26. The number of nitrogens with one attached hydrogen (secondary N) is 1. The van der Waals surface area contributed by atoms with E-state index in [9.17, 15) is 0 Å². The van der Waals surface area contributed by atoms with Gasteiger partial charge in [0.25, 0.3) is 0 Å². The van der Waals surface area contributed by atoms with Crippen LogP contribution in [0.4, 0.5) is 0 Å². The monoisotopic (exact) mass is 231 g/mol. The Kier molecular flexibility index (Phi) is 6.31. The third kappa shape index (κ3) is 5.48. The zero-order valence-electron chi connectivity index (χ0n) is 10.7. The third-order valence-electron chi connectivity index (χ3n) is 2.65. The molecule has 0 fully saturated rings. The van der Waals surface area contributed by atoms with Crippen molar-refractivity contribution in [3.63, 3.8) is 0 Å². The van der Waals surface area contributed by atoms with Gasteiger partial charge in [0.2, 0.25) is 0 Å². The molecule has 0 aliphatic carbocycles. The highest BCUT2D eigenvalue weighted by molar-refractivity contribution is 5.32. The van der Waals surface area contributed by atoms with Gasteiger partial charge >= 0.3 is 0 Å². The zero-order valence-corrected chi connectivity index (χ0v) is 10.7. The molecule has 1 N–H and O–H groups in total. The molecule has 0 bridgehead atoms. The van der Waals surface area contributed by atoms with Crippen LogP contribution in [-0.2, 0) is 6.54 Å². The van der Waals surface area contributed by atoms with Crippen LogP contribution in [0.2, 0.25) is 0 Å². The van der Waals surface area contributed by atoms with E-state index in [0.717, 1.165) is 38.2 Å². The minimum absolute atomic E-state index is 0.739. The molecule has 1 aromatic rings. The molecule has 0 saturated carbocycles. The van der Waals surface area contributed by atoms with Gasteiger partial charge in [-0.2, -0.15) is 5.26 Å². The molecule has 17 heavy (non-hydrogen) atoms. The largest absolute Gasteiger partial charge is 0.317 e. The lowest BCUT2D eigenvalue weighted by atomic mass is 10.1. The lowest BCUT2D eigenvalue weighted by Gasteiger charge is -2.16. The van der Waals surface area contributed by atoms with E-state index >= 15 is 0 Å². The van der Waals surface area contributed by atoms with Gasteiger partial charge in [-0.05, 0) is 50.8 Å². The summed E-state index contributed by atoms with van der Waals surface area (Å²) >= 11 is 0. The Morgan fingerprint density at radius 1 is 1.41 bits per heavy atom. The molecule has 0 saturated heterocycles. The molecule has 0 spiro atoms. The van der Waals surface area contributed by atoms with Gasteiger partial charge in [-0.3, -0.25) is 0 Å². The predicted molar refractivity (Wildman–Crippen MR) is 70.7 cm³/mol. The summed E-state index contributed by atoms with van der Waals surface area (Å²) in [6, 6.07) is 9.99. The van der Waals surface area contributed by atoms with Gasteiger partial charge in [-0.25, -0.2) is 0 Å². The molecule has 3 nitrogen and oxygen atoms in total. The van der Waals surface area contributed by atoms with Crippen molar-refractivity contribution in [2.45, 2.75) is 19.9 Å². The van der Waals surface area contributed by atoms with Gasteiger partial charge in [0.1, 0.15) is 0 Å². The average Bonchev–Trinajstić information content (AvgIpc) is 2.35. The van der Waals surface area contributed by atoms with E-state index in [1.807, 2.05) is 18.2 Å². The SMILES string of the molecule is CCNCCCN(C)Cc1cccc(C#N)c1. The van der Waals surface area contributed by atoms with E-state index in [-0.39, 0.29) is 0 Å². The summed E-state index contributed by atoms with van der Waals surface area (Å²) in [6.07, 6.45) is 1.16. The van der Waals surface area contributed by atoms with Crippen molar-refractivity contribution in [2.24, 2.45) is 0 Å². The van der Waals surface area contributed by atoms with E-state index in [1.165, 1.54) is 5.56 Å². The molecule has 1 aromatic carbocycles. The van der Waals surface area contributed by atoms with Gasteiger partial charge in [0.05, 0.1) is 11.6 Å². The molecule has 0 unspecified atom stereocenters. The third-order valence-corrected chi connectivity index (χ3v) is 2.65. The molecule has 0 radical (unpaired) electrons. The van der Waals surface area contributed by atoms with Crippen molar-refractivity contribution in [3.8, 4) is 6.07 Å². The molecule has 0 aliphatic heterocycles. The Morgan fingerprint density at radius 3 is 2.94 bits per heavy atom. The first-order valence-electron chi connectivity index (χ1n) is 6.14. The van der Waals surface area contributed by atoms with Crippen LogP contribution in [0.3, 0.4) is 0 Å². The highest BCUT2D eigenvalue weighted by atomic mass is 15.1. The normalized spacial score (nSPS) is 10.5. The number of hydrogen-bond donors (Lipinski definition) is 1. The Hall–Kier alpha value is -1.37. The van der Waals surface area contributed by atoms with Crippen LogP contribution < -0.4 is 5.32 Å². The molecule has 1 rings (SSSR count). The minimum Gasteiger partial charge on any atom is -0.317 e. The van der Waals surface area contributed by atoms with Crippen molar-refractivity contribution in [1.29, 1.82) is 5.26 Å². The van der Waals surface area contributed by atoms with Crippen molar-refractivity contribution in [3.05, 3.63) is 35.4 Å². The fourth-order valence-corrected chi connectivity index (χ4v) is 1.78. The number of benzene rings is 1. The smallest absolute Gasteiger partial charge is 0.0991 e. The second kappa shape index (κ2) is 7.83. The number of rotatable bonds is 7. The number of nitrogens with zero attached hydrogens (tertiary/aromatic N) is 2. The second-order valence-electron chi connectivity index (χ2n) is 4.26. The fraction of sp³-hybridized carbons (Fsp3) is 0.500. The highest BCUT2D eigenvalue weighted by Crippen LogP contribution is 2.06. The van der Waals surface area contributed by atoms with Crippen molar-refractivity contribution in [2.75, 3.05) is 26.7 Å². The van der Waals surface area contributed by atoms with E-state index in [0.29, 0.717) is 0 Å².